The number of thioether (sulfide) groups is 1. The van der Waals surface area contributed by atoms with Crippen LogP contribution < -0.4 is 8.92 Å². The van der Waals surface area contributed by atoms with Crippen molar-refractivity contribution < 1.29 is 26.9 Å². The van der Waals surface area contributed by atoms with Gasteiger partial charge in [0, 0.05) is 5.02 Å². The molecule has 0 unspecified atom stereocenters. The van der Waals surface area contributed by atoms with E-state index < -0.39 is 16.0 Å². The second kappa shape index (κ2) is 8.48. The first kappa shape index (κ1) is 21.2. The minimum atomic E-state index is -3.72. The van der Waals surface area contributed by atoms with Crippen molar-refractivity contribution in [3.05, 3.63) is 63.5 Å². The number of hydrogen-bond acceptors (Lipinski definition) is 7. The van der Waals surface area contributed by atoms with Crippen molar-refractivity contribution in [3.63, 3.8) is 0 Å². The molecule has 0 atom stereocenters. The molecule has 0 radical (unpaired) electrons. The number of amides is 2. The molecule has 0 aliphatic carbocycles. The van der Waals surface area contributed by atoms with E-state index in [1.54, 1.807) is 30.3 Å². The van der Waals surface area contributed by atoms with E-state index >= 15 is 0 Å². The molecule has 1 heterocycles. The van der Waals surface area contributed by atoms with E-state index in [-0.39, 0.29) is 28.2 Å². The first-order valence-electron chi connectivity index (χ1n) is 8.23. The fraction of sp³-hybridized carbons (Fsp3) is 0.158. The molecule has 2 aromatic carbocycles. The molecule has 0 aromatic heterocycles. The Labute approximate surface area is 177 Å². The van der Waals surface area contributed by atoms with Gasteiger partial charge < -0.3 is 8.92 Å². The number of ether oxygens (including phenoxy) is 1. The molecular weight excluding hydrogens is 438 g/mol. The fourth-order valence-electron chi connectivity index (χ4n) is 2.61. The number of rotatable bonds is 6. The molecule has 0 spiro atoms. The topological polar surface area (TPSA) is 90.0 Å². The van der Waals surface area contributed by atoms with E-state index in [0.717, 1.165) is 28.5 Å². The first-order valence-corrected chi connectivity index (χ1v) is 11.2. The van der Waals surface area contributed by atoms with Crippen LogP contribution in [0.25, 0.3) is 6.08 Å². The van der Waals surface area contributed by atoms with Crippen molar-refractivity contribution in [2.45, 2.75) is 6.54 Å². The van der Waals surface area contributed by atoms with Crippen LogP contribution in [0.15, 0.2) is 47.4 Å². The molecule has 7 nitrogen and oxygen atoms in total. The second-order valence-electron chi connectivity index (χ2n) is 6.10. The highest BCUT2D eigenvalue weighted by atomic mass is 35.5. The molecule has 0 saturated carbocycles. The normalized spacial score (nSPS) is 15.8. The zero-order valence-corrected chi connectivity index (χ0v) is 17.8. The molecule has 29 heavy (non-hydrogen) atoms. The average Bonchev–Trinajstić information content (AvgIpc) is 2.89. The van der Waals surface area contributed by atoms with Gasteiger partial charge in [-0.25, -0.2) is 0 Å². The maximum atomic E-state index is 12.7. The van der Waals surface area contributed by atoms with Gasteiger partial charge in [0.15, 0.2) is 11.5 Å². The lowest BCUT2D eigenvalue weighted by Crippen LogP contribution is -2.27. The number of methoxy groups -OCH3 is 1. The lowest BCUT2D eigenvalue weighted by atomic mass is 10.1. The quantitative estimate of drug-likeness (QED) is 0.483. The van der Waals surface area contributed by atoms with Crippen molar-refractivity contribution in [2.24, 2.45) is 0 Å². The summed E-state index contributed by atoms with van der Waals surface area (Å²) in [5.41, 5.74) is 1.29. The largest absolute Gasteiger partial charge is 0.493 e. The van der Waals surface area contributed by atoms with Gasteiger partial charge in [-0.05, 0) is 53.2 Å². The number of benzene rings is 2. The van der Waals surface area contributed by atoms with Crippen LogP contribution in [0, 0.1) is 0 Å². The molecule has 1 aliphatic heterocycles. The number of nitrogens with zero attached hydrogens (tertiary/aromatic N) is 1. The van der Waals surface area contributed by atoms with Crippen molar-refractivity contribution in [1.82, 2.24) is 4.90 Å². The van der Waals surface area contributed by atoms with E-state index in [4.69, 9.17) is 20.5 Å². The molecule has 2 aromatic rings. The van der Waals surface area contributed by atoms with Crippen molar-refractivity contribution in [1.29, 1.82) is 0 Å². The van der Waals surface area contributed by atoms with Crippen LogP contribution in [0.1, 0.15) is 11.1 Å². The second-order valence-corrected chi connectivity index (χ2v) is 9.10. The summed E-state index contributed by atoms with van der Waals surface area (Å²) < 4.78 is 32.7. The van der Waals surface area contributed by atoms with Crippen LogP contribution in [0.5, 0.6) is 11.5 Å². The third-order valence-electron chi connectivity index (χ3n) is 3.83. The van der Waals surface area contributed by atoms with Crippen LogP contribution in [0.2, 0.25) is 5.02 Å². The summed E-state index contributed by atoms with van der Waals surface area (Å²) in [6, 6.07) is 11.4. The molecular formula is C19H16ClNO6S2. The van der Waals surface area contributed by atoms with E-state index in [2.05, 4.69) is 0 Å². The lowest BCUT2D eigenvalue weighted by Gasteiger charge is -2.12. The molecule has 1 aliphatic rings. The lowest BCUT2D eigenvalue weighted by molar-refractivity contribution is -0.123. The van der Waals surface area contributed by atoms with Gasteiger partial charge in [-0.15, -0.1) is 0 Å². The van der Waals surface area contributed by atoms with E-state index in [9.17, 15) is 18.0 Å². The van der Waals surface area contributed by atoms with Crippen molar-refractivity contribution >= 4 is 50.7 Å². The maximum Gasteiger partial charge on any atom is 0.306 e. The van der Waals surface area contributed by atoms with Crippen LogP contribution in [-0.2, 0) is 21.5 Å². The Morgan fingerprint density at radius 1 is 1.14 bits per heavy atom. The first-order chi connectivity index (χ1) is 13.7. The van der Waals surface area contributed by atoms with E-state index in [1.165, 1.54) is 25.3 Å². The maximum absolute atomic E-state index is 12.7. The molecule has 10 heteroatoms. The zero-order chi connectivity index (χ0) is 21.2. The molecule has 1 fully saturated rings. The molecule has 152 valence electrons. The van der Waals surface area contributed by atoms with Gasteiger partial charge in [0.2, 0.25) is 0 Å². The Hall–Kier alpha value is -2.49. The zero-order valence-electron chi connectivity index (χ0n) is 15.4. The van der Waals surface area contributed by atoms with Crippen LogP contribution >= 0.6 is 23.4 Å². The fourth-order valence-corrected chi connectivity index (χ4v) is 4.13. The minimum absolute atomic E-state index is 0.0289. The van der Waals surface area contributed by atoms with Gasteiger partial charge in [0.1, 0.15) is 0 Å². The molecule has 2 amide bonds. The Kier molecular flexibility index (Phi) is 6.21. The summed E-state index contributed by atoms with van der Waals surface area (Å²) in [7, 11) is -2.35. The number of carbonyl (C=O) groups excluding carboxylic acids is 2. The van der Waals surface area contributed by atoms with E-state index in [1.807, 2.05) is 0 Å². The number of imide groups is 1. The summed E-state index contributed by atoms with van der Waals surface area (Å²) in [4.78, 5) is 26.3. The van der Waals surface area contributed by atoms with Crippen molar-refractivity contribution in [2.75, 3.05) is 13.4 Å². The standard InChI is InChI=1S/C19H16ClNO6S2/c1-26-16-9-12(6-7-15(16)27-29(2,24)25)10-17-18(22)21(19(23)28-17)11-13-4-3-5-14(20)8-13/h3-10H,11H2,1-2H3/b17-10-. The Morgan fingerprint density at radius 3 is 2.55 bits per heavy atom. The SMILES string of the molecule is COc1cc(/C=C2\SC(=O)N(Cc3cccc(Cl)c3)C2=O)ccc1OS(C)(=O)=O. The van der Waals surface area contributed by atoms with Crippen LogP contribution in [0.4, 0.5) is 4.79 Å². The van der Waals surface area contributed by atoms with Crippen LogP contribution in [0.3, 0.4) is 0 Å². The minimum Gasteiger partial charge on any atom is -0.493 e. The summed E-state index contributed by atoms with van der Waals surface area (Å²) in [5.74, 6) is -0.209. The highest BCUT2D eigenvalue weighted by molar-refractivity contribution is 8.18. The van der Waals surface area contributed by atoms with Gasteiger partial charge in [0.05, 0.1) is 24.8 Å². The average molecular weight is 454 g/mol. The predicted octanol–water partition coefficient (Wildman–Crippen LogP) is 3.92. The molecule has 3 rings (SSSR count). The third-order valence-corrected chi connectivity index (χ3v) is 5.45. The summed E-state index contributed by atoms with van der Waals surface area (Å²) in [5, 5.41) is 0.138. The van der Waals surface area contributed by atoms with E-state index in [0.29, 0.717) is 10.6 Å². The Bertz CT molecular complexity index is 1110. The summed E-state index contributed by atoms with van der Waals surface area (Å²) in [6.07, 6.45) is 2.46. The van der Waals surface area contributed by atoms with Gasteiger partial charge in [0.25, 0.3) is 11.1 Å². The molecule has 0 N–H and O–H groups in total. The smallest absolute Gasteiger partial charge is 0.306 e. The van der Waals surface area contributed by atoms with Gasteiger partial charge in [-0.1, -0.05) is 29.8 Å². The Morgan fingerprint density at radius 2 is 1.90 bits per heavy atom. The summed E-state index contributed by atoms with van der Waals surface area (Å²) >= 11 is 6.78. The monoisotopic (exact) mass is 453 g/mol. The van der Waals surface area contributed by atoms with Gasteiger partial charge in [-0.2, -0.15) is 8.42 Å². The highest BCUT2D eigenvalue weighted by Crippen LogP contribution is 2.35. The number of halogens is 1. The number of hydrogen-bond donors (Lipinski definition) is 0. The predicted molar refractivity (Wildman–Crippen MR) is 111 cm³/mol. The Balaban J connectivity index is 1.83. The van der Waals surface area contributed by atoms with Gasteiger partial charge >= 0.3 is 10.1 Å². The molecule has 0 bridgehead atoms. The molecule has 1 saturated heterocycles. The van der Waals surface area contributed by atoms with Crippen molar-refractivity contribution in [3.8, 4) is 11.5 Å². The third kappa shape index (κ3) is 5.31. The summed E-state index contributed by atoms with van der Waals surface area (Å²) in [6.45, 7) is 0.118. The van der Waals surface area contributed by atoms with Crippen LogP contribution in [-0.4, -0.2) is 37.8 Å². The highest BCUT2D eigenvalue weighted by Gasteiger charge is 2.35. The van der Waals surface area contributed by atoms with Gasteiger partial charge in [-0.3, -0.25) is 14.5 Å². The number of carbonyl (C=O) groups is 2.